The van der Waals surface area contributed by atoms with E-state index in [1.165, 1.54) is 0 Å². The van der Waals surface area contributed by atoms with E-state index in [0.29, 0.717) is 0 Å². The van der Waals surface area contributed by atoms with Gasteiger partial charge in [-0.05, 0) is 0 Å². The molecule has 0 aliphatic carbocycles. The summed E-state index contributed by atoms with van der Waals surface area (Å²) < 4.78 is 0. The molecule has 1 aromatic rings. The SMILES string of the molecule is N#C[SeH].c1ccccc1. The van der Waals surface area contributed by atoms with Crippen LogP contribution in [0.25, 0.3) is 0 Å². The van der Waals surface area contributed by atoms with Crippen LogP contribution in [-0.2, 0) is 0 Å². The van der Waals surface area contributed by atoms with Crippen molar-refractivity contribution in [3.8, 4) is 4.97 Å². The summed E-state index contributed by atoms with van der Waals surface area (Å²) in [7, 11) is 0. The third kappa shape index (κ3) is 7.23. The minimum atomic E-state index is 1.69. The van der Waals surface area contributed by atoms with Gasteiger partial charge in [-0.25, -0.2) is 0 Å². The first-order valence-electron chi connectivity index (χ1n) is 2.45. The fourth-order valence-electron chi connectivity index (χ4n) is 0.385. The standard InChI is InChI=1S/C6H6.CHNSe/c1-2-4-6-5-3-1;2-1-3/h1-6H;3H. The van der Waals surface area contributed by atoms with E-state index < -0.39 is 0 Å². The smallest absolute Gasteiger partial charge is 0.0623 e. The second kappa shape index (κ2) is 7.23. The first-order chi connectivity index (χ1) is 4.41. The Labute approximate surface area is 63.1 Å². The Morgan fingerprint density at radius 1 is 0.889 bits per heavy atom. The fraction of sp³-hybridized carbons (Fsp3) is 0. The molecule has 0 bridgehead atoms. The Balaban J connectivity index is 0.000000187. The van der Waals surface area contributed by atoms with Crippen LogP contribution >= 0.6 is 0 Å². The number of hydrogen-bond acceptors (Lipinski definition) is 1. The van der Waals surface area contributed by atoms with Gasteiger partial charge in [0.1, 0.15) is 0 Å². The van der Waals surface area contributed by atoms with Crippen LogP contribution in [0.3, 0.4) is 0 Å². The average Bonchev–Trinajstić information content (AvgIpc) is 1.93. The van der Waals surface area contributed by atoms with Gasteiger partial charge in [0.2, 0.25) is 0 Å². The van der Waals surface area contributed by atoms with Crippen LogP contribution in [-0.4, -0.2) is 16.0 Å². The van der Waals surface area contributed by atoms with E-state index in [2.05, 4.69) is 0 Å². The summed E-state index contributed by atoms with van der Waals surface area (Å²) >= 11 is 1.77. The van der Waals surface area contributed by atoms with Gasteiger partial charge in [-0.1, -0.05) is 36.4 Å². The molecule has 1 aromatic carbocycles. The van der Waals surface area contributed by atoms with Gasteiger partial charge in [-0.2, -0.15) is 0 Å². The molecule has 46 valence electrons. The Hall–Kier alpha value is -0.771. The molecule has 0 atom stereocenters. The summed E-state index contributed by atoms with van der Waals surface area (Å²) in [6.07, 6.45) is 0. The fourth-order valence-corrected chi connectivity index (χ4v) is 0.385. The predicted molar refractivity (Wildman–Crippen MR) is 39.2 cm³/mol. The minimum absolute atomic E-state index is 1.69. The molecule has 9 heavy (non-hydrogen) atoms. The molecule has 2 heteroatoms. The molecule has 0 spiro atoms. The van der Waals surface area contributed by atoms with Crippen molar-refractivity contribution in [2.75, 3.05) is 0 Å². The number of hydrogen-bond donors (Lipinski definition) is 0. The molecule has 0 aliphatic heterocycles. The van der Waals surface area contributed by atoms with Crippen molar-refractivity contribution in [3.63, 3.8) is 0 Å². The van der Waals surface area contributed by atoms with E-state index in [4.69, 9.17) is 5.26 Å². The summed E-state index contributed by atoms with van der Waals surface area (Å²) in [5.41, 5.74) is 0. The van der Waals surface area contributed by atoms with Gasteiger partial charge >= 0.3 is 26.2 Å². The molecular formula is C7H7NSe. The van der Waals surface area contributed by atoms with Crippen molar-refractivity contribution in [3.05, 3.63) is 36.4 Å². The molecule has 0 saturated carbocycles. The van der Waals surface area contributed by atoms with E-state index in [-0.39, 0.29) is 0 Å². The van der Waals surface area contributed by atoms with Crippen molar-refractivity contribution >= 4 is 16.0 Å². The van der Waals surface area contributed by atoms with Crippen LogP contribution in [0.5, 0.6) is 0 Å². The van der Waals surface area contributed by atoms with Crippen LogP contribution in [0.2, 0.25) is 0 Å². The third-order valence-electron chi connectivity index (χ3n) is 0.667. The Kier molecular flexibility index (Phi) is 6.61. The second-order valence-corrected chi connectivity index (χ2v) is 1.67. The topological polar surface area (TPSA) is 23.8 Å². The Morgan fingerprint density at radius 3 is 1.11 bits per heavy atom. The summed E-state index contributed by atoms with van der Waals surface area (Å²) in [6, 6.07) is 12.0. The van der Waals surface area contributed by atoms with Crippen molar-refractivity contribution in [1.29, 1.82) is 5.26 Å². The number of rotatable bonds is 0. The zero-order valence-electron chi connectivity index (χ0n) is 4.86. The minimum Gasteiger partial charge on any atom is -0.0623 e. The second-order valence-electron chi connectivity index (χ2n) is 1.25. The van der Waals surface area contributed by atoms with Gasteiger partial charge in [-0.3, -0.25) is 0 Å². The molecule has 0 fully saturated rings. The summed E-state index contributed by atoms with van der Waals surface area (Å²) in [6.45, 7) is 0. The molecule has 1 nitrogen and oxygen atoms in total. The van der Waals surface area contributed by atoms with E-state index in [1.807, 2.05) is 36.4 Å². The quantitative estimate of drug-likeness (QED) is 0.553. The van der Waals surface area contributed by atoms with Crippen LogP contribution in [0.4, 0.5) is 0 Å². The van der Waals surface area contributed by atoms with Crippen molar-refractivity contribution < 1.29 is 0 Å². The number of nitriles is 1. The summed E-state index contributed by atoms with van der Waals surface area (Å²) in [5, 5.41) is 7.29. The third-order valence-corrected chi connectivity index (χ3v) is 0.667. The molecule has 0 saturated heterocycles. The van der Waals surface area contributed by atoms with Crippen molar-refractivity contribution in [2.24, 2.45) is 0 Å². The average molecular weight is 184 g/mol. The Bertz CT molecular complexity index is 139. The first kappa shape index (κ1) is 8.23. The molecule has 0 radical (unpaired) electrons. The molecule has 0 aliphatic rings. The molecule has 0 heterocycles. The predicted octanol–water partition coefficient (Wildman–Crippen LogP) is 1.05. The molecule has 0 N–H and O–H groups in total. The van der Waals surface area contributed by atoms with Gasteiger partial charge in [0, 0.05) is 0 Å². The summed E-state index contributed by atoms with van der Waals surface area (Å²) in [4.78, 5) is 1.69. The van der Waals surface area contributed by atoms with Crippen LogP contribution in [0.1, 0.15) is 0 Å². The van der Waals surface area contributed by atoms with Gasteiger partial charge in [0.15, 0.2) is 0 Å². The normalized spacial score (nSPS) is 6.22. The van der Waals surface area contributed by atoms with Gasteiger partial charge in [0.25, 0.3) is 0 Å². The van der Waals surface area contributed by atoms with E-state index in [1.54, 1.807) is 21.0 Å². The van der Waals surface area contributed by atoms with Gasteiger partial charge < -0.3 is 0 Å². The maximum atomic E-state index is 7.29. The van der Waals surface area contributed by atoms with Crippen molar-refractivity contribution in [1.82, 2.24) is 0 Å². The van der Waals surface area contributed by atoms with Crippen LogP contribution < -0.4 is 0 Å². The zero-order chi connectivity index (χ0) is 6.95. The van der Waals surface area contributed by atoms with Crippen molar-refractivity contribution in [2.45, 2.75) is 0 Å². The molecule has 0 unspecified atom stereocenters. The molecule has 1 rings (SSSR count). The Morgan fingerprint density at radius 2 is 1.00 bits per heavy atom. The van der Waals surface area contributed by atoms with Gasteiger partial charge in [0.05, 0.1) is 0 Å². The van der Waals surface area contributed by atoms with Gasteiger partial charge in [-0.15, -0.1) is 0 Å². The zero-order valence-corrected chi connectivity index (χ0v) is 6.74. The monoisotopic (exact) mass is 185 g/mol. The maximum absolute atomic E-state index is 7.29. The van der Waals surface area contributed by atoms with E-state index in [0.717, 1.165) is 0 Å². The van der Waals surface area contributed by atoms with Crippen LogP contribution in [0.15, 0.2) is 36.4 Å². The largest absolute Gasteiger partial charge is 0.0623 e. The van der Waals surface area contributed by atoms with Crippen LogP contribution in [0, 0.1) is 10.2 Å². The molecular weight excluding hydrogens is 177 g/mol. The first-order valence-corrected chi connectivity index (χ1v) is 3.39. The number of benzene rings is 1. The maximum Gasteiger partial charge on any atom is -0.0623 e. The number of nitrogens with zero attached hydrogens (tertiary/aromatic N) is 1. The molecule has 0 amide bonds. The van der Waals surface area contributed by atoms with E-state index >= 15 is 0 Å². The van der Waals surface area contributed by atoms with E-state index in [9.17, 15) is 0 Å². The molecule has 0 aromatic heterocycles. The summed E-state index contributed by atoms with van der Waals surface area (Å²) in [5.74, 6) is 0.